The molecule has 1 rings (SSSR count). The predicted molar refractivity (Wildman–Crippen MR) is 257 cm³/mol. The molecule has 0 saturated carbocycles. The van der Waals surface area contributed by atoms with Crippen molar-refractivity contribution >= 4 is 16.4 Å². The molecule has 1 aliphatic heterocycles. The van der Waals surface area contributed by atoms with Crippen molar-refractivity contribution in [2.45, 2.75) is 205 Å². The minimum Gasteiger partial charge on any atom is -0.457 e. The van der Waals surface area contributed by atoms with Gasteiger partial charge < -0.3 is 34.3 Å². The Balaban J connectivity index is 2.37. The third-order valence-corrected chi connectivity index (χ3v) is 11.0. The van der Waals surface area contributed by atoms with Crippen molar-refractivity contribution in [2.24, 2.45) is 0 Å². The molecule has 0 aromatic heterocycles. The summed E-state index contributed by atoms with van der Waals surface area (Å²) in [4.78, 5) is 12.9. The highest BCUT2D eigenvalue weighted by atomic mass is 32.3. The molecule has 12 nitrogen and oxygen atoms in total. The fourth-order valence-electron chi connectivity index (χ4n) is 6.83. The smallest absolute Gasteiger partial charge is 0.397 e. The Morgan fingerprint density at radius 2 is 1.08 bits per heavy atom. The maximum atomic E-state index is 12.9. The van der Waals surface area contributed by atoms with Crippen molar-refractivity contribution < 1.29 is 56.2 Å². The third-order valence-electron chi connectivity index (χ3n) is 10.5. The molecule has 6 unspecified atom stereocenters. The second-order valence-corrected chi connectivity index (χ2v) is 17.4. The predicted octanol–water partition coefficient (Wildman–Crippen LogP) is 10.9. The molecular formula is C51H86O12S. The molecule has 13 heteroatoms. The first kappa shape index (κ1) is 59.3. The number of aliphatic hydroxyl groups is 3. The van der Waals surface area contributed by atoms with E-state index < -0.39 is 59.8 Å². The number of allylic oxidation sites excluding steroid dienone is 14. The summed E-state index contributed by atoms with van der Waals surface area (Å²) in [6.45, 7) is 3.79. The van der Waals surface area contributed by atoms with Crippen molar-refractivity contribution in [3.8, 4) is 0 Å². The fourth-order valence-corrected chi connectivity index (χ4v) is 7.34. The first-order valence-corrected chi connectivity index (χ1v) is 25.7. The maximum absolute atomic E-state index is 12.9. The average molecular weight is 923 g/mol. The molecule has 1 aliphatic rings. The van der Waals surface area contributed by atoms with Gasteiger partial charge in [0.05, 0.1) is 19.8 Å². The number of aliphatic hydroxyl groups excluding tert-OH is 3. The number of hydrogen-bond donors (Lipinski definition) is 4. The Morgan fingerprint density at radius 1 is 0.609 bits per heavy atom. The second-order valence-electron chi connectivity index (χ2n) is 16.3. The molecule has 4 N–H and O–H groups in total. The quantitative estimate of drug-likeness (QED) is 0.0198. The molecular weight excluding hydrogens is 837 g/mol. The normalized spacial score (nSPS) is 20.5. The molecule has 0 aliphatic carbocycles. The van der Waals surface area contributed by atoms with Gasteiger partial charge in [0.1, 0.15) is 30.5 Å². The van der Waals surface area contributed by atoms with Crippen molar-refractivity contribution in [2.75, 3.05) is 26.4 Å². The van der Waals surface area contributed by atoms with Gasteiger partial charge in [0.2, 0.25) is 0 Å². The summed E-state index contributed by atoms with van der Waals surface area (Å²) >= 11 is 0. The van der Waals surface area contributed by atoms with Gasteiger partial charge >= 0.3 is 16.4 Å². The summed E-state index contributed by atoms with van der Waals surface area (Å²) in [5.74, 6) is -0.420. The van der Waals surface area contributed by atoms with Crippen LogP contribution in [0.25, 0.3) is 0 Å². The van der Waals surface area contributed by atoms with Crippen LogP contribution in [0.4, 0.5) is 0 Å². The van der Waals surface area contributed by atoms with E-state index in [0.29, 0.717) is 13.0 Å². The SMILES string of the molecule is CC/C=C\C/C=C\C/C=C\C/C=C\C/C=C\C/C=C\CCCCCCCCC(=O)OC(COCCCCCCCC/C=C\CCCC)COC1OC(CO)C(O)C(OS(=O)(=O)O)C1O. The van der Waals surface area contributed by atoms with Gasteiger partial charge in [0.15, 0.2) is 6.29 Å². The van der Waals surface area contributed by atoms with Crippen LogP contribution < -0.4 is 0 Å². The van der Waals surface area contributed by atoms with Gasteiger partial charge in [-0.2, -0.15) is 8.42 Å². The fraction of sp³-hybridized carbons (Fsp3) is 0.706. The lowest BCUT2D eigenvalue weighted by molar-refractivity contribution is -0.301. The van der Waals surface area contributed by atoms with Crippen molar-refractivity contribution in [1.29, 1.82) is 0 Å². The number of unbranched alkanes of at least 4 members (excludes halogenated alkanes) is 14. The van der Waals surface area contributed by atoms with Crippen LogP contribution >= 0.6 is 0 Å². The molecule has 0 bridgehead atoms. The van der Waals surface area contributed by atoms with E-state index in [1.54, 1.807) is 0 Å². The molecule has 1 saturated heterocycles. The lowest BCUT2D eigenvalue weighted by Gasteiger charge is -2.41. The summed E-state index contributed by atoms with van der Waals surface area (Å²) in [7, 11) is -5.07. The zero-order valence-corrected chi connectivity index (χ0v) is 40.1. The monoisotopic (exact) mass is 923 g/mol. The van der Waals surface area contributed by atoms with Crippen LogP contribution in [-0.2, 0) is 38.3 Å². The molecule has 1 heterocycles. The Labute approximate surface area is 387 Å². The van der Waals surface area contributed by atoms with Crippen LogP contribution in [-0.4, -0.2) is 97.5 Å². The highest BCUT2D eigenvalue weighted by Gasteiger charge is 2.48. The molecule has 0 aromatic rings. The first-order chi connectivity index (χ1) is 31.1. The maximum Gasteiger partial charge on any atom is 0.397 e. The van der Waals surface area contributed by atoms with Gasteiger partial charge in [-0.3, -0.25) is 9.35 Å². The second kappa shape index (κ2) is 41.7. The summed E-state index contributed by atoms with van der Waals surface area (Å²) in [6, 6.07) is 0. The highest BCUT2D eigenvalue weighted by molar-refractivity contribution is 7.80. The lowest BCUT2D eigenvalue weighted by atomic mass is 9.99. The van der Waals surface area contributed by atoms with E-state index in [2.05, 4.69) is 103 Å². The number of esters is 1. The standard InChI is InChI=1S/C51H86O12S/c1-3-5-7-9-11-13-15-17-18-19-20-21-22-23-24-25-26-27-28-29-30-32-34-36-38-40-47(53)61-45(43-59-41-39-37-35-33-31-16-14-12-10-8-6-4-2)44-60-51-49(55)50(63-64(56,57)58)48(54)46(42-52)62-51/h5,7,10-13,17-18,20-21,23-24,26-27,45-46,48-52,54-55H,3-4,6,8-9,14-16,19,22,25,28-44H2,1-2H3,(H,56,57,58)/b7-5-,12-10-,13-11-,18-17-,21-20-,24-23-,27-26-. The Morgan fingerprint density at radius 3 is 1.59 bits per heavy atom. The van der Waals surface area contributed by atoms with Gasteiger partial charge in [-0.05, 0) is 83.5 Å². The summed E-state index contributed by atoms with van der Waals surface area (Å²) in [5.41, 5.74) is 0. The average Bonchev–Trinajstić information content (AvgIpc) is 3.27. The van der Waals surface area contributed by atoms with Gasteiger partial charge in [0.25, 0.3) is 0 Å². The van der Waals surface area contributed by atoms with Crippen molar-refractivity contribution in [1.82, 2.24) is 0 Å². The molecule has 6 atom stereocenters. The van der Waals surface area contributed by atoms with E-state index in [1.807, 2.05) is 0 Å². The minimum atomic E-state index is -5.07. The van der Waals surface area contributed by atoms with Crippen molar-refractivity contribution in [3.63, 3.8) is 0 Å². The zero-order valence-electron chi connectivity index (χ0n) is 39.3. The molecule has 64 heavy (non-hydrogen) atoms. The summed E-state index contributed by atoms with van der Waals surface area (Å²) in [6.07, 6.45) is 46.1. The van der Waals surface area contributed by atoms with E-state index in [0.717, 1.165) is 116 Å². The Bertz CT molecular complexity index is 1440. The topological polar surface area (TPSA) is 178 Å². The van der Waals surface area contributed by atoms with Crippen molar-refractivity contribution in [3.05, 3.63) is 85.1 Å². The van der Waals surface area contributed by atoms with Crippen LogP contribution in [0.15, 0.2) is 85.1 Å². The van der Waals surface area contributed by atoms with Crippen LogP contribution in [0.2, 0.25) is 0 Å². The molecule has 0 spiro atoms. The third kappa shape index (κ3) is 34.6. The number of ether oxygens (including phenoxy) is 4. The van der Waals surface area contributed by atoms with Gasteiger partial charge in [-0.1, -0.05) is 163 Å². The Kier molecular flexibility index (Phi) is 38.6. The van der Waals surface area contributed by atoms with E-state index >= 15 is 0 Å². The van der Waals surface area contributed by atoms with Crippen LogP contribution in [0.1, 0.15) is 168 Å². The zero-order chi connectivity index (χ0) is 46.8. The van der Waals surface area contributed by atoms with Crippen LogP contribution in [0.5, 0.6) is 0 Å². The first-order valence-electron chi connectivity index (χ1n) is 24.3. The van der Waals surface area contributed by atoms with Crippen LogP contribution in [0.3, 0.4) is 0 Å². The number of carbonyl (C=O) groups is 1. The van der Waals surface area contributed by atoms with Crippen LogP contribution in [0, 0.1) is 0 Å². The largest absolute Gasteiger partial charge is 0.457 e. The Hall–Kier alpha value is -2.72. The molecule has 0 aromatic carbocycles. The summed E-state index contributed by atoms with van der Waals surface area (Å²) in [5, 5.41) is 30.7. The molecule has 1 fully saturated rings. The van der Waals surface area contributed by atoms with Gasteiger partial charge in [0, 0.05) is 13.0 Å². The summed E-state index contributed by atoms with van der Waals surface area (Å²) < 4.78 is 59.1. The molecule has 0 radical (unpaired) electrons. The van der Waals surface area contributed by atoms with Gasteiger partial charge in [-0.15, -0.1) is 0 Å². The number of hydrogen-bond acceptors (Lipinski definition) is 11. The number of carbonyl (C=O) groups excluding carboxylic acids is 1. The molecule has 0 amide bonds. The van der Waals surface area contributed by atoms with E-state index in [1.165, 1.54) is 25.7 Å². The highest BCUT2D eigenvalue weighted by Crippen LogP contribution is 2.26. The van der Waals surface area contributed by atoms with E-state index in [4.69, 9.17) is 23.5 Å². The number of rotatable bonds is 41. The minimum absolute atomic E-state index is 0.0205. The van der Waals surface area contributed by atoms with E-state index in [9.17, 15) is 28.5 Å². The molecule has 368 valence electrons. The van der Waals surface area contributed by atoms with Gasteiger partial charge in [-0.25, -0.2) is 4.18 Å². The lowest BCUT2D eigenvalue weighted by Crippen LogP contribution is -2.60. The van der Waals surface area contributed by atoms with E-state index in [-0.39, 0.29) is 19.6 Å².